The molecule has 0 aliphatic heterocycles. The van der Waals surface area contributed by atoms with Crippen LogP contribution in [-0.2, 0) is 0 Å². The minimum atomic E-state index is 0.708. The Morgan fingerprint density at radius 3 is 1.96 bits per heavy atom. The number of benzene rings is 7. The van der Waals surface area contributed by atoms with E-state index in [-0.39, 0.29) is 0 Å². The molecule has 0 aliphatic rings. The average molecular weight is 639 g/mol. The first-order valence-electron chi connectivity index (χ1n) is 16.9. The maximum absolute atomic E-state index is 5.21. The van der Waals surface area contributed by atoms with Gasteiger partial charge in [0, 0.05) is 50.2 Å². The van der Waals surface area contributed by atoms with Crippen LogP contribution < -0.4 is 0 Å². The maximum Gasteiger partial charge on any atom is 0.160 e. The zero-order valence-electron chi connectivity index (χ0n) is 27.1. The second-order valence-electron chi connectivity index (χ2n) is 12.7. The first kappa shape index (κ1) is 28.3. The van der Waals surface area contributed by atoms with Crippen LogP contribution in [0, 0.1) is 0 Å². The monoisotopic (exact) mass is 638 g/mol. The van der Waals surface area contributed by atoms with Gasteiger partial charge in [0.05, 0.1) is 27.8 Å². The number of nitrogens with zero attached hydrogens (tertiary/aromatic N) is 4. The SMILES string of the molecule is c1ccc(-c2cccc(-c3nc(-c4ccc(-n5c6ccccc6c6c7c(ccc65)ccn7-c5ccccc5)cc4)nc4ccccc34)c2)cc1. The van der Waals surface area contributed by atoms with Crippen LogP contribution in [-0.4, -0.2) is 19.1 Å². The number of para-hydroxylation sites is 3. The first-order chi connectivity index (χ1) is 24.8. The van der Waals surface area contributed by atoms with Crippen molar-refractivity contribution in [3.05, 3.63) is 182 Å². The van der Waals surface area contributed by atoms with Gasteiger partial charge < -0.3 is 9.13 Å². The van der Waals surface area contributed by atoms with Crippen molar-refractivity contribution in [3.63, 3.8) is 0 Å². The van der Waals surface area contributed by atoms with Crippen molar-refractivity contribution < 1.29 is 0 Å². The predicted octanol–water partition coefficient (Wildman–Crippen LogP) is 11.7. The van der Waals surface area contributed by atoms with E-state index in [9.17, 15) is 0 Å². The Bertz CT molecular complexity index is 2850. The highest BCUT2D eigenvalue weighted by Crippen LogP contribution is 2.39. The Balaban J connectivity index is 1.11. The lowest BCUT2D eigenvalue weighted by molar-refractivity contribution is 1.13. The normalized spacial score (nSPS) is 11.6. The van der Waals surface area contributed by atoms with E-state index in [1.54, 1.807) is 0 Å². The van der Waals surface area contributed by atoms with Crippen molar-refractivity contribution in [2.24, 2.45) is 0 Å². The highest BCUT2D eigenvalue weighted by Gasteiger charge is 2.18. The number of rotatable bonds is 5. The van der Waals surface area contributed by atoms with Crippen LogP contribution in [0.3, 0.4) is 0 Å². The molecule has 3 heterocycles. The van der Waals surface area contributed by atoms with E-state index in [1.807, 2.05) is 12.1 Å². The molecule has 0 bridgehead atoms. The Kier molecular flexibility index (Phi) is 6.46. The molecule has 0 fully saturated rings. The van der Waals surface area contributed by atoms with Gasteiger partial charge in [-0.3, -0.25) is 0 Å². The van der Waals surface area contributed by atoms with E-state index in [2.05, 4.69) is 179 Å². The Labute approximate surface area is 289 Å². The molecule has 0 atom stereocenters. The van der Waals surface area contributed by atoms with Gasteiger partial charge in [0.2, 0.25) is 0 Å². The van der Waals surface area contributed by atoms with Crippen molar-refractivity contribution in [2.45, 2.75) is 0 Å². The quantitative estimate of drug-likeness (QED) is 0.188. The molecule has 50 heavy (non-hydrogen) atoms. The largest absolute Gasteiger partial charge is 0.316 e. The third kappa shape index (κ3) is 4.54. The molecule has 0 saturated heterocycles. The summed E-state index contributed by atoms with van der Waals surface area (Å²) in [5.74, 6) is 0.708. The molecule has 10 rings (SSSR count). The van der Waals surface area contributed by atoms with E-state index < -0.39 is 0 Å². The maximum atomic E-state index is 5.21. The summed E-state index contributed by atoms with van der Waals surface area (Å²) in [5, 5.41) is 4.73. The summed E-state index contributed by atoms with van der Waals surface area (Å²) >= 11 is 0. The van der Waals surface area contributed by atoms with Crippen molar-refractivity contribution in [1.29, 1.82) is 0 Å². The molecule has 0 radical (unpaired) electrons. The van der Waals surface area contributed by atoms with Gasteiger partial charge >= 0.3 is 0 Å². The molecule has 10 aromatic rings. The van der Waals surface area contributed by atoms with E-state index in [0.717, 1.165) is 44.7 Å². The third-order valence-corrected chi connectivity index (χ3v) is 9.75. The third-order valence-electron chi connectivity index (χ3n) is 9.75. The van der Waals surface area contributed by atoms with Crippen LogP contribution in [0.2, 0.25) is 0 Å². The summed E-state index contributed by atoms with van der Waals surface area (Å²) in [6.45, 7) is 0. The van der Waals surface area contributed by atoms with Crippen molar-refractivity contribution in [2.75, 3.05) is 0 Å². The zero-order chi connectivity index (χ0) is 33.0. The van der Waals surface area contributed by atoms with Crippen LogP contribution in [0.1, 0.15) is 0 Å². The summed E-state index contributed by atoms with van der Waals surface area (Å²) in [4.78, 5) is 10.3. The Morgan fingerprint density at radius 1 is 0.420 bits per heavy atom. The van der Waals surface area contributed by atoms with Crippen LogP contribution >= 0.6 is 0 Å². The van der Waals surface area contributed by atoms with Gasteiger partial charge in [0.25, 0.3) is 0 Å². The summed E-state index contributed by atoms with van der Waals surface area (Å²) in [7, 11) is 0. The zero-order valence-corrected chi connectivity index (χ0v) is 27.1. The van der Waals surface area contributed by atoms with Crippen LogP contribution in [0.15, 0.2) is 182 Å². The lowest BCUT2D eigenvalue weighted by Gasteiger charge is -2.12. The highest BCUT2D eigenvalue weighted by molar-refractivity contribution is 6.20. The van der Waals surface area contributed by atoms with Gasteiger partial charge in [-0.2, -0.15) is 0 Å². The Hall–Kier alpha value is -6.78. The van der Waals surface area contributed by atoms with E-state index in [4.69, 9.17) is 9.97 Å². The molecule has 234 valence electrons. The van der Waals surface area contributed by atoms with E-state index in [0.29, 0.717) is 5.82 Å². The van der Waals surface area contributed by atoms with Crippen LogP contribution in [0.5, 0.6) is 0 Å². The molecular weight excluding hydrogens is 609 g/mol. The molecule has 0 N–H and O–H groups in total. The minimum absolute atomic E-state index is 0.708. The van der Waals surface area contributed by atoms with E-state index >= 15 is 0 Å². The van der Waals surface area contributed by atoms with Crippen LogP contribution in [0.4, 0.5) is 0 Å². The molecular formula is C46H30N4. The molecule has 0 spiro atoms. The molecule has 7 aromatic carbocycles. The van der Waals surface area contributed by atoms with Crippen molar-refractivity contribution in [1.82, 2.24) is 19.1 Å². The summed E-state index contributed by atoms with van der Waals surface area (Å²) < 4.78 is 4.68. The topological polar surface area (TPSA) is 35.6 Å². The predicted molar refractivity (Wildman–Crippen MR) is 207 cm³/mol. The number of hydrogen-bond acceptors (Lipinski definition) is 2. The molecule has 4 heteroatoms. The van der Waals surface area contributed by atoms with E-state index in [1.165, 1.54) is 38.3 Å². The fourth-order valence-electron chi connectivity index (χ4n) is 7.43. The summed E-state index contributed by atoms with van der Waals surface area (Å²) in [6, 6.07) is 62.1. The summed E-state index contributed by atoms with van der Waals surface area (Å²) in [5.41, 5.74) is 12.0. The molecule has 0 unspecified atom stereocenters. The van der Waals surface area contributed by atoms with Gasteiger partial charge in [-0.1, -0.05) is 109 Å². The van der Waals surface area contributed by atoms with Gasteiger partial charge in [0.15, 0.2) is 5.82 Å². The van der Waals surface area contributed by atoms with Gasteiger partial charge in [-0.15, -0.1) is 0 Å². The Morgan fingerprint density at radius 2 is 1.12 bits per heavy atom. The smallest absolute Gasteiger partial charge is 0.160 e. The number of hydrogen-bond donors (Lipinski definition) is 0. The van der Waals surface area contributed by atoms with Gasteiger partial charge in [0.1, 0.15) is 0 Å². The molecule has 3 aromatic heterocycles. The minimum Gasteiger partial charge on any atom is -0.316 e. The number of aromatic nitrogens is 4. The first-order valence-corrected chi connectivity index (χ1v) is 16.9. The molecule has 0 saturated carbocycles. The standard InChI is InChI=1S/C46H30N4/c1-3-12-31(13-4-1)34-14-11-15-35(30-34)44-38-18-7-9-20-40(38)47-46(48-44)33-22-25-37(26-23-33)50-41-21-10-8-19-39(41)43-42(50)27-24-32-28-29-49(45(32)43)36-16-5-2-6-17-36/h1-30H. The van der Waals surface area contributed by atoms with Gasteiger partial charge in [-0.05, 0) is 77.9 Å². The molecule has 0 amide bonds. The lowest BCUT2D eigenvalue weighted by atomic mass is 9.99. The fraction of sp³-hybridized carbons (Fsp3) is 0. The summed E-state index contributed by atoms with van der Waals surface area (Å²) in [6.07, 6.45) is 2.18. The van der Waals surface area contributed by atoms with Crippen molar-refractivity contribution in [3.8, 4) is 45.1 Å². The molecule has 0 aliphatic carbocycles. The number of fused-ring (bicyclic) bond motifs is 6. The second-order valence-corrected chi connectivity index (χ2v) is 12.7. The van der Waals surface area contributed by atoms with Gasteiger partial charge in [-0.25, -0.2) is 9.97 Å². The molecule has 4 nitrogen and oxygen atoms in total. The van der Waals surface area contributed by atoms with Crippen molar-refractivity contribution >= 4 is 43.6 Å². The average Bonchev–Trinajstić information content (AvgIpc) is 3.78. The second kappa shape index (κ2) is 11.4. The fourth-order valence-corrected chi connectivity index (χ4v) is 7.43. The van der Waals surface area contributed by atoms with Crippen LogP contribution in [0.25, 0.3) is 88.8 Å². The lowest BCUT2D eigenvalue weighted by Crippen LogP contribution is -1.97. The highest BCUT2D eigenvalue weighted by atomic mass is 15.0.